The highest BCUT2D eigenvalue weighted by Crippen LogP contribution is 2.62. The van der Waals surface area contributed by atoms with Crippen LogP contribution in [0.4, 0.5) is 0 Å². The lowest BCUT2D eigenvalue weighted by Gasteiger charge is -2.31. The Morgan fingerprint density at radius 3 is 1.98 bits per heavy atom. The van der Waals surface area contributed by atoms with Crippen molar-refractivity contribution in [1.29, 1.82) is 0 Å². The van der Waals surface area contributed by atoms with E-state index >= 15 is 0 Å². The van der Waals surface area contributed by atoms with Crippen molar-refractivity contribution in [2.45, 2.75) is 86.5 Å². The summed E-state index contributed by atoms with van der Waals surface area (Å²) in [7, 11) is 0. The van der Waals surface area contributed by atoms with Gasteiger partial charge in [0, 0.05) is 0 Å². The summed E-state index contributed by atoms with van der Waals surface area (Å²) < 4.78 is 0. The third-order valence-electron chi connectivity index (χ3n) is 11.0. The van der Waals surface area contributed by atoms with Crippen LogP contribution in [0.2, 0.25) is 0 Å². The molecular formula is C51H58. The van der Waals surface area contributed by atoms with E-state index in [1.807, 2.05) is 6.08 Å². The lowest BCUT2D eigenvalue weighted by atomic mass is 9.69. The first kappa shape index (κ1) is 37.6. The molecule has 0 N–H and O–H groups in total. The summed E-state index contributed by atoms with van der Waals surface area (Å²) in [5, 5.41) is 0. The number of aryl methyl sites for hydroxylation is 3. The summed E-state index contributed by atoms with van der Waals surface area (Å²) in [6.07, 6.45) is 18.2. The van der Waals surface area contributed by atoms with Gasteiger partial charge in [-0.15, -0.1) is 0 Å². The summed E-state index contributed by atoms with van der Waals surface area (Å²) in [5.41, 5.74) is 18.6. The Morgan fingerprint density at radius 2 is 1.41 bits per heavy atom. The van der Waals surface area contributed by atoms with Crippen LogP contribution in [0, 0.1) is 32.6 Å². The van der Waals surface area contributed by atoms with E-state index < -0.39 is 0 Å². The fourth-order valence-electron chi connectivity index (χ4n) is 7.98. The van der Waals surface area contributed by atoms with E-state index in [1.165, 1.54) is 104 Å². The molecule has 1 atom stereocenters. The van der Waals surface area contributed by atoms with E-state index in [0.717, 1.165) is 5.92 Å². The minimum Gasteiger partial charge on any atom is -0.0988 e. The molecule has 4 aromatic rings. The fraction of sp³-hybridized carbons (Fsp3) is 0.294. The molecule has 1 unspecified atom stereocenters. The van der Waals surface area contributed by atoms with Crippen LogP contribution in [0.1, 0.15) is 105 Å². The standard InChI is InChI=1S/C27H22.C19H24.C5H12/c1-4-11-22-19(5-2)20-13-6-8-15-23(20)27(22)24-16-9-7-14-21(24)26-18(3)12-10-17-25(26)27;1-5-8-18(17(6-2)16-9-7-10-16)19-13-14(3)11-12-15(19)4;1-4-5(2)3/h4-17H,2H2,1,3H3;5-6,8,11-13,16H,2,7,9-10H2,1,3-4H3;5H,4H2,1-3H3/b11-4-;8-5-,18-17-;. The number of allylic oxidation sites excluding steroid dienone is 10. The molecule has 7 rings (SSSR count). The zero-order valence-corrected chi connectivity index (χ0v) is 32.4. The quantitative estimate of drug-likeness (QED) is 0.172. The van der Waals surface area contributed by atoms with Crippen LogP contribution in [0.3, 0.4) is 0 Å². The van der Waals surface area contributed by atoms with Gasteiger partial charge >= 0.3 is 0 Å². The van der Waals surface area contributed by atoms with Gasteiger partial charge in [0.25, 0.3) is 0 Å². The average Bonchev–Trinajstić information content (AvgIpc) is 3.58. The van der Waals surface area contributed by atoms with Crippen molar-refractivity contribution in [3.63, 3.8) is 0 Å². The lowest BCUT2D eigenvalue weighted by molar-refractivity contribution is 0.375. The second kappa shape index (κ2) is 16.6. The van der Waals surface area contributed by atoms with E-state index in [2.05, 4.69) is 184 Å². The summed E-state index contributed by atoms with van der Waals surface area (Å²) in [5.74, 6) is 1.60. The number of hydrogen-bond acceptors (Lipinski definition) is 0. The maximum atomic E-state index is 4.17. The monoisotopic (exact) mass is 670 g/mol. The zero-order chi connectivity index (χ0) is 36.7. The molecule has 0 aromatic heterocycles. The smallest absolute Gasteiger partial charge is 0.0725 e. The summed E-state index contributed by atoms with van der Waals surface area (Å²) in [6, 6.07) is 31.2. The summed E-state index contributed by atoms with van der Waals surface area (Å²) >= 11 is 0. The Labute approximate surface area is 309 Å². The number of benzene rings is 4. The van der Waals surface area contributed by atoms with Gasteiger partial charge in [0.15, 0.2) is 0 Å². The molecule has 1 fully saturated rings. The molecule has 4 aromatic carbocycles. The van der Waals surface area contributed by atoms with Gasteiger partial charge in [-0.05, 0) is 132 Å². The zero-order valence-electron chi connectivity index (χ0n) is 32.4. The lowest BCUT2D eigenvalue weighted by Crippen LogP contribution is -2.26. The van der Waals surface area contributed by atoms with E-state index in [4.69, 9.17) is 0 Å². The van der Waals surface area contributed by atoms with Crippen molar-refractivity contribution in [1.82, 2.24) is 0 Å². The Morgan fingerprint density at radius 1 is 0.784 bits per heavy atom. The molecule has 1 saturated carbocycles. The molecule has 3 aliphatic rings. The first-order chi connectivity index (χ1) is 24.7. The number of fused-ring (bicyclic) bond motifs is 7. The fourth-order valence-corrected chi connectivity index (χ4v) is 7.98. The van der Waals surface area contributed by atoms with Crippen molar-refractivity contribution in [2.75, 3.05) is 0 Å². The molecule has 0 saturated heterocycles. The van der Waals surface area contributed by atoms with E-state index in [-0.39, 0.29) is 5.41 Å². The van der Waals surface area contributed by atoms with Gasteiger partial charge in [-0.1, -0.05) is 174 Å². The molecule has 1 spiro atoms. The van der Waals surface area contributed by atoms with Crippen LogP contribution in [-0.2, 0) is 5.41 Å². The van der Waals surface area contributed by atoms with Gasteiger partial charge < -0.3 is 0 Å². The van der Waals surface area contributed by atoms with E-state index in [1.54, 1.807) is 0 Å². The van der Waals surface area contributed by atoms with Gasteiger partial charge in [0.1, 0.15) is 0 Å². The second-order valence-electron chi connectivity index (χ2n) is 14.7. The van der Waals surface area contributed by atoms with Crippen molar-refractivity contribution in [2.24, 2.45) is 11.8 Å². The first-order valence-corrected chi connectivity index (χ1v) is 19.1. The minimum atomic E-state index is -0.259. The normalized spacial score (nSPS) is 17.7. The van der Waals surface area contributed by atoms with Crippen molar-refractivity contribution in [3.05, 3.63) is 190 Å². The third-order valence-corrected chi connectivity index (χ3v) is 11.0. The SMILES string of the molecule is C=C/C(=C(\C=C/C)c1cc(C)ccc1C)C1CCC1.C=CC1=C(/C=C\C)C2(c3ccccc31)c1ccccc1-c1c(C)cccc12.CCC(C)C. The van der Waals surface area contributed by atoms with Crippen LogP contribution in [-0.4, -0.2) is 0 Å². The predicted octanol–water partition coefficient (Wildman–Crippen LogP) is 14.5. The number of rotatable bonds is 7. The summed E-state index contributed by atoms with van der Waals surface area (Å²) in [6.45, 7) is 25.6. The van der Waals surface area contributed by atoms with Gasteiger partial charge in [-0.25, -0.2) is 0 Å². The topological polar surface area (TPSA) is 0 Å². The number of hydrogen-bond donors (Lipinski definition) is 0. The van der Waals surface area contributed by atoms with Crippen molar-refractivity contribution >= 4 is 11.1 Å². The maximum absolute atomic E-state index is 4.17. The average molecular weight is 671 g/mol. The molecule has 0 amide bonds. The molecule has 3 aliphatic carbocycles. The van der Waals surface area contributed by atoms with Gasteiger partial charge in [-0.2, -0.15) is 0 Å². The minimum absolute atomic E-state index is 0.259. The third kappa shape index (κ3) is 6.99. The van der Waals surface area contributed by atoms with Crippen LogP contribution in [0.15, 0.2) is 146 Å². The van der Waals surface area contributed by atoms with Gasteiger partial charge in [0.05, 0.1) is 5.41 Å². The highest BCUT2D eigenvalue weighted by Gasteiger charge is 2.51. The molecule has 0 nitrogen and oxygen atoms in total. The molecule has 0 heteroatoms. The molecular weight excluding hydrogens is 613 g/mol. The second-order valence-corrected chi connectivity index (χ2v) is 14.7. The van der Waals surface area contributed by atoms with Crippen LogP contribution < -0.4 is 0 Å². The predicted molar refractivity (Wildman–Crippen MR) is 225 cm³/mol. The molecule has 0 heterocycles. The molecule has 0 aliphatic heterocycles. The highest BCUT2D eigenvalue weighted by atomic mass is 14.5. The van der Waals surface area contributed by atoms with E-state index in [0.29, 0.717) is 5.92 Å². The highest BCUT2D eigenvalue weighted by molar-refractivity contribution is 5.98. The van der Waals surface area contributed by atoms with Crippen LogP contribution >= 0.6 is 0 Å². The van der Waals surface area contributed by atoms with Crippen molar-refractivity contribution < 1.29 is 0 Å². The van der Waals surface area contributed by atoms with Gasteiger partial charge in [0.2, 0.25) is 0 Å². The van der Waals surface area contributed by atoms with Gasteiger partial charge in [-0.3, -0.25) is 0 Å². The molecule has 262 valence electrons. The maximum Gasteiger partial charge on any atom is 0.0725 e. The molecule has 51 heavy (non-hydrogen) atoms. The summed E-state index contributed by atoms with van der Waals surface area (Å²) in [4.78, 5) is 0. The Balaban J connectivity index is 0.000000184. The largest absolute Gasteiger partial charge is 0.0988 e. The Bertz CT molecular complexity index is 2010. The molecule has 0 radical (unpaired) electrons. The van der Waals surface area contributed by atoms with E-state index in [9.17, 15) is 0 Å². The first-order valence-electron chi connectivity index (χ1n) is 19.1. The Kier molecular flexibility index (Phi) is 12.2. The van der Waals surface area contributed by atoms with Crippen molar-refractivity contribution in [3.8, 4) is 11.1 Å². The molecule has 0 bridgehead atoms. The Hall–Kier alpha value is -4.68. The van der Waals surface area contributed by atoms with Crippen LogP contribution in [0.5, 0.6) is 0 Å². The van der Waals surface area contributed by atoms with Crippen LogP contribution in [0.25, 0.3) is 22.3 Å².